The molecule has 0 fully saturated rings. The first-order valence-corrected chi connectivity index (χ1v) is 13.9. The zero-order valence-corrected chi connectivity index (χ0v) is 23.0. The molecule has 0 aliphatic heterocycles. The molecule has 2 atom stereocenters. The van der Waals surface area contributed by atoms with Gasteiger partial charge in [-0.1, -0.05) is 120 Å². The van der Waals surface area contributed by atoms with E-state index in [0.29, 0.717) is 5.41 Å². The van der Waals surface area contributed by atoms with E-state index in [4.69, 9.17) is 0 Å². The van der Waals surface area contributed by atoms with E-state index in [0.717, 1.165) is 24.7 Å². The Kier molecular flexibility index (Phi) is 9.40. The van der Waals surface area contributed by atoms with Gasteiger partial charge in [0, 0.05) is 0 Å². The average molecular weight is 457 g/mol. The molecular formula is C34H48. The van der Waals surface area contributed by atoms with Crippen molar-refractivity contribution in [3.05, 3.63) is 88.0 Å². The van der Waals surface area contributed by atoms with Crippen molar-refractivity contribution in [3.8, 4) is 0 Å². The predicted octanol–water partition coefficient (Wildman–Crippen LogP) is 10.2. The van der Waals surface area contributed by atoms with Crippen molar-refractivity contribution in [2.24, 2.45) is 11.8 Å². The van der Waals surface area contributed by atoms with Gasteiger partial charge in [-0.3, -0.25) is 0 Å². The van der Waals surface area contributed by atoms with Crippen molar-refractivity contribution < 1.29 is 0 Å². The highest BCUT2D eigenvalue weighted by atomic mass is 14.4. The van der Waals surface area contributed by atoms with Crippen LogP contribution in [-0.4, -0.2) is 0 Å². The molecule has 3 rings (SSSR count). The van der Waals surface area contributed by atoms with E-state index in [-0.39, 0.29) is 0 Å². The lowest BCUT2D eigenvalue weighted by Crippen LogP contribution is -2.30. The summed E-state index contributed by atoms with van der Waals surface area (Å²) in [6.07, 6.45) is 14.6. The maximum absolute atomic E-state index is 2.58. The first-order chi connectivity index (χ1) is 16.4. The van der Waals surface area contributed by atoms with Crippen molar-refractivity contribution in [2.75, 3.05) is 0 Å². The van der Waals surface area contributed by atoms with Gasteiger partial charge in [0.1, 0.15) is 0 Å². The summed E-state index contributed by atoms with van der Waals surface area (Å²) in [7, 11) is 0. The monoisotopic (exact) mass is 456 g/mol. The third kappa shape index (κ3) is 6.12. The second-order valence-electron chi connectivity index (χ2n) is 11.0. The third-order valence-corrected chi connectivity index (χ3v) is 8.85. The molecule has 0 amide bonds. The van der Waals surface area contributed by atoms with E-state index in [9.17, 15) is 0 Å². The maximum Gasteiger partial charge on any atom is -0.00494 e. The maximum atomic E-state index is 2.58. The minimum Gasteiger partial charge on any atom is -0.0654 e. The number of hydrogen-bond acceptors (Lipinski definition) is 0. The fourth-order valence-electron chi connectivity index (χ4n) is 5.96. The Morgan fingerprint density at radius 3 is 2.21 bits per heavy atom. The van der Waals surface area contributed by atoms with Crippen molar-refractivity contribution in [1.29, 1.82) is 0 Å². The van der Waals surface area contributed by atoms with Crippen LogP contribution >= 0.6 is 0 Å². The number of rotatable bonds is 12. The normalized spacial score (nSPS) is 15.7. The zero-order chi connectivity index (χ0) is 24.7. The quantitative estimate of drug-likeness (QED) is 0.298. The molecule has 0 saturated carbocycles. The smallest absolute Gasteiger partial charge is 0.00494 e. The van der Waals surface area contributed by atoms with Crippen LogP contribution in [0.5, 0.6) is 0 Å². The lowest BCUT2D eigenvalue weighted by Gasteiger charge is -2.38. The standard InChI is InChI=1S/C34H48/c1-8-12-31(26(6)9-2)24-34(10-3,11-4)33-20-15-27(7)32(23-33)22-28-16-19-30(21-28)29-17-13-25(5)14-18-29/h13-20,23,26,31H,8-12,21-22,24H2,1-7H3/t26-,31-/m0/s1. The zero-order valence-electron chi connectivity index (χ0n) is 23.0. The first-order valence-electron chi connectivity index (χ1n) is 13.9. The Morgan fingerprint density at radius 2 is 1.59 bits per heavy atom. The Morgan fingerprint density at radius 1 is 0.882 bits per heavy atom. The van der Waals surface area contributed by atoms with E-state index in [2.05, 4.69) is 103 Å². The molecule has 0 heteroatoms. The highest BCUT2D eigenvalue weighted by Gasteiger charge is 2.33. The Labute approximate surface area is 210 Å². The van der Waals surface area contributed by atoms with Gasteiger partial charge in [0.15, 0.2) is 0 Å². The third-order valence-electron chi connectivity index (χ3n) is 8.85. The Hall–Kier alpha value is -2.08. The molecule has 1 aliphatic carbocycles. The summed E-state index contributed by atoms with van der Waals surface area (Å²) >= 11 is 0. The summed E-state index contributed by atoms with van der Waals surface area (Å²) in [5.41, 5.74) is 10.5. The number of aryl methyl sites for hydroxylation is 2. The molecule has 0 heterocycles. The molecule has 0 nitrogen and oxygen atoms in total. The molecule has 2 aromatic carbocycles. The van der Waals surface area contributed by atoms with Crippen LogP contribution in [0.25, 0.3) is 5.57 Å². The van der Waals surface area contributed by atoms with E-state index in [1.165, 1.54) is 71.9 Å². The van der Waals surface area contributed by atoms with Gasteiger partial charge < -0.3 is 0 Å². The highest BCUT2D eigenvalue weighted by Crippen LogP contribution is 2.42. The van der Waals surface area contributed by atoms with Crippen LogP contribution in [-0.2, 0) is 11.8 Å². The van der Waals surface area contributed by atoms with E-state index in [1.54, 1.807) is 5.56 Å². The topological polar surface area (TPSA) is 0 Å². The molecule has 0 radical (unpaired) electrons. The molecule has 0 N–H and O–H groups in total. The molecule has 184 valence electrons. The second kappa shape index (κ2) is 12.1. The summed E-state index contributed by atoms with van der Waals surface area (Å²) < 4.78 is 0. The lowest BCUT2D eigenvalue weighted by atomic mass is 9.66. The van der Waals surface area contributed by atoms with E-state index < -0.39 is 0 Å². The van der Waals surface area contributed by atoms with Crippen LogP contribution in [0.3, 0.4) is 0 Å². The van der Waals surface area contributed by atoms with E-state index in [1.807, 2.05) is 0 Å². The van der Waals surface area contributed by atoms with Crippen LogP contribution in [0.4, 0.5) is 0 Å². The van der Waals surface area contributed by atoms with Crippen molar-refractivity contribution >= 4 is 5.57 Å². The molecule has 0 spiro atoms. The Bertz CT molecular complexity index is 981. The van der Waals surface area contributed by atoms with Gasteiger partial charge in [-0.25, -0.2) is 0 Å². The fraction of sp³-hybridized carbons (Fsp3) is 0.529. The predicted molar refractivity (Wildman–Crippen MR) is 151 cm³/mol. The van der Waals surface area contributed by atoms with Crippen molar-refractivity contribution in [3.63, 3.8) is 0 Å². The molecule has 0 unspecified atom stereocenters. The second-order valence-corrected chi connectivity index (χ2v) is 11.0. The van der Waals surface area contributed by atoms with Gasteiger partial charge in [0.25, 0.3) is 0 Å². The highest BCUT2D eigenvalue weighted by molar-refractivity contribution is 5.72. The number of benzene rings is 2. The minimum atomic E-state index is 0.293. The summed E-state index contributed by atoms with van der Waals surface area (Å²) in [6, 6.07) is 16.4. The summed E-state index contributed by atoms with van der Waals surface area (Å²) in [5, 5.41) is 0. The number of allylic oxidation sites excluding steroid dienone is 4. The van der Waals surface area contributed by atoms with Crippen LogP contribution in [0.2, 0.25) is 0 Å². The van der Waals surface area contributed by atoms with Gasteiger partial charge in [-0.05, 0) is 91.0 Å². The number of hydrogen-bond donors (Lipinski definition) is 0. The Balaban J connectivity index is 1.80. The lowest BCUT2D eigenvalue weighted by molar-refractivity contribution is 0.219. The minimum absolute atomic E-state index is 0.293. The summed E-state index contributed by atoms with van der Waals surface area (Å²) in [5.74, 6) is 1.62. The molecular weight excluding hydrogens is 408 g/mol. The van der Waals surface area contributed by atoms with Crippen LogP contribution in [0.15, 0.2) is 60.2 Å². The average Bonchev–Trinajstić information content (AvgIpc) is 3.32. The summed E-state index contributed by atoms with van der Waals surface area (Å²) in [4.78, 5) is 0. The van der Waals surface area contributed by atoms with Gasteiger partial charge in [-0.2, -0.15) is 0 Å². The molecule has 0 bridgehead atoms. The molecule has 0 saturated heterocycles. The van der Waals surface area contributed by atoms with Crippen LogP contribution in [0, 0.1) is 25.7 Å². The largest absolute Gasteiger partial charge is 0.0654 e. The molecule has 0 aromatic heterocycles. The van der Waals surface area contributed by atoms with Gasteiger partial charge in [0.05, 0.1) is 0 Å². The first kappa shape index (κ1) is 26.5. The SMILES string of the molecule is CCC[C@@H](CC(CC)(CC)c1ccc(C)c(CC2=CC=C(c3ccc(C)cc3)C2)c1)[C@@H](C)CC. The van der Waals surface area contributed by atoms with Gasteiger partial charge in [-0.15, -0.1) is 0 Å². The van der Waals surface area contributed by atoms with E-state index >= 15 is 0 Å². The fourth-order valence-corrected chi connectivity index (χ4v) is 5.96. The molecule has 34 heavy (non-hydrogen) atoms. The van der Waals surface area contributed by atoms with Crippen molar-refractivity contribution in [2.45, 2.75) is 105 Å². The van der Waals surface area contributed by atoms with Crippen LogP contribution in [0.1, 0.15) is 107 Å². The molecule has 2 aromatic rings. The van der Waals surface area contributed by atoms with Crippen molar-refractivity contribution in [1.82, 2.24) is 0 Å². The van der Waals surface area contributed by atoms with Crippen LogP contribution < -0.4 is 0 Å². The van der Waals surface area contributed by atoms with Gasteiger partial charge >= 0.3 is 0 Å². The summed E-state index contributed by atoms with van der Waals surface area (Å²) in [6.45, 7) is 16.5. The van der Waals surface area contributed by atoms with Gasteiger partial charge in [0.2, 0.25) is 0 Å². The molecule has 1 aliphatic rings.